The second-order valence-electron chi connectivity index (χ2n) is 7.49. The summed E-state index contributed by atoms with van der Waals surface area (Å²) in [7, 11) is 3.34. The Morgan fingerprint density at radius 1 is 1.04 bits per heavy atom. The molecule has 0 saturated heterocycles. The van der Waals surface area contributed by atoms with Crippen LogP contribution >= 0.6 is 0 Å². The van der Waals surface area contributed by atoms with E-state index < -0.39 is 0 Å². The van der Waals surface area contributed by atoms with Gasteiger partial charge in [0.25, 0.3) is 0 Å². The van der Waals surface area contributed by atoms with E-state index in [1.165, 1.54) is 25.3 Å². The topological polar surface area (TPSA) is 59.9 Å². The smallest absolute Gasteiger partial charge is 0.221 e. The fourth-order valence-corrected chi connectivity index (χ4v) is 4.42. The molecule has 1 saturated carbocycles. The lowest BCUT2D eigenvalue weighted by atomic mass is 9.75. The van der Waals surface area contributed by atoms with Gasteiger partial charge in [0.05, 0.1) is 26.0 Å². The first-order chi connectivity index (χ1) is 13.6. The molecular formula is C23H26N2O3. The largest absolute Gasteiger partial charge is 0.493 e. The third kappa shape index (κ3) is 3.37. The van der Waals surface area contributed by atoms with Gasteiger partial charge >= 0.3 is 0 Å². The van der Waals surface area contributed by atoms with Gasteiger partial charge in [-0.25, -0.2) is 0 Å². The minimum absolute atomic E-state index is 0.0741. The molecule has 1 fully saturated rings. The monoisotopic (exact) mass is 378 g/mol. The van der Waals surface area contributed by atoms with Gasteiger partial charge in [0.1, 0.15) is 0 Å². The molecule has 5 heteroatoms. The molecule has 0 bridgehead atoms. The number of aliphatic imine (C=N–C) groups is 1. The summed E-state index contributed by atoms with van der Waals surface area (Å²) < 4.78 is 11.1. The molecule has 2 aromatic carbocycles. The summed E-state index contributed by atoms with van der Waals surface area (Å²) in [6, 6.07) is 12.4. The standard InChI is InChI=1S/C23H26N2O3/c1-14(26)24-16-10-8-15(9-11-16)23-19-13-22(28-3)21(27-2)12-18(19)17-6-4-5-7-20(17)25-23/h8-13,17,20H,4-7H2,1-3H3,(H,24,26)/t17-,20-/m1/s1. The van der Waals surface area contributed by atoms with Crippen molar-refractivity contribution in [3.63, 3.8) is 0 Å². The quantitative estimate of drug-likeness (QED) is 0.850. The van der Waals surface area contributed by atoms with Crippen molar-refractivity contribution in [1.82, 2.24) is 0 Å². The number of fused-ring (bicyclic) bond motifs is 3. The number of nitrogens with zero attached hydrogens (tertiary/aromatic N) is 1. The van der Waals surface area contributed by atoms with E-state index in [-0.39, 0.29) is 5.91 Å². The van der Waals surface area contributed by atoms with Gasteiger partial charge in [-0.1, -0.05) is 25.0 Å². The number of carbonyl (C=O) groups is 1. The molecular weight excluding hydrogens is 352 g/mol. The summed E-state index contributed by atoms with van der Waals surface area (Å²) in [5, 5.41) is 2.82. The maximum absolute atomic E-state index is 11.3. The Balaban J connectivity index is 1.81. The van der Waals surface area contributed by atoms with Gasteiger partial charge in [-0.05, 0) is 42.7 Å². The van der Waals surface area contributed by atoms with E-state index in [1.54, 1.807) is 14.2 Å². The number of hydrogen-bond acceptors (Lipinski definition) is 4. The third-order valence-corrected chi connectivity index (χ3v) is 5.71. The van der Waals surface area contributed by atoms with Gasteiger partial charge in [0.15, 0.2) is 11.5 Å². The molecule has 1 aliphatic carbocycles. The van der Waals surface area contributed by atoms with Crippen molar-refractivity contribution in [2.75, 3.05) is 19.5 Å². The Labute approximate surface area is 165 Å². The van der Waals surface area contributed by atoms with Crippen molar-refractivity contribution in [3.05, 3.63) is 53.1 Å². The van der Waals surface area contributed by atoms with E-state index in [0.717, 1.165) is 46.9 Å². The maximum Gasteiger partial charge on any atom is 0.221 e. The summed E-state index contributed by atoms with van der Waals surface area (Å²) in [4.78, 5) is 16.5. The van der Waals surface area contributed by atoms with Crippen LogP contribution < -0.4 is 14.8 Å². The van der Waals surface area contributed by atoms with Crippen molar-refractivity contribution in [2.45, 2.75) is 44.6 Å². The van der Waals surface area contributed by atoms with Gasteiger partial charge in [0.2, 0.25) is 5.91 Å². The van der Waals surface area contributed by atoms with Crippen LogP contribution in [0.4, 0.5) is 5.69 Å². The molecule has 1 heterocycles. The first-order valence-electron chi connectivity index (χ1n) is 9.83. The van der Waals surface area contributed by atoms with Gasteiger partial charge < -0.3 is 14.8 Å². The lowest BCUT2D eigenvalue weighted by Gasteiger charge is -2.35. The zero-order chi connectivity index (χ0) is 19.7. The summed E-state index contributed by atoms with van der Waals surface area (Å²) in [5.41, 5.74) is 5.25. The molecule has 0 aromatic heterocycles. The molecule has 2 aliphatic rings. The van der Waals surface area contributed by atoms with E-state index in [1.807, 2.05) is 24.3 Å². The highest BCUT2D eigenvalue weighted by molar-refractivity contribution is 6.15. The van der Waals surface area contributed by atoms with Crippen LogP contribution in [0, 0.1) is 0 Å². The number of methoxy groups -OCH3 is 2. The molecule has 28 heavy (non-hydrogen) atoms. The Kier molecular flexibility index (Phi) is 5.07. The zero-order valence-electron chi connectivity index (χ0n) is 16.6. The molecule has 5 nitrogen and oxygen atoms in total. The number of ether oxygens (including phenoxy) is 2. The van der Waals surface area contributed by atoms with Crippen LogP contribution in [-0.4, -0.2) is 31.9 Å². The average molecular weight is 378 g/mol. The van der Waals surface area contributed by atoms with Gasteiger partial charge in [-0.2, -0.15) is 0 Å². The molecule has 0 spiro atoms. The normalized spacial score (nSPS) is 20.5. The molecule has 4 rings (SSSR count). The van der Waals surface area contributed by atoms with Crippen LogP contribution in [0.25, 0.3) is 0 Å². The predicted octanol–water partition coefficient (Wildman–Crippen LogP) is 4.54. The van der Waals surface area contributed by atoms with Crippen molar-refractivity contribution >= 4 is 17.3 Å². The van der Waals surface area contributed by atoms with E-state index in [2.05, 4.69) is 17.4 Å². The molecule has 2 aromatic rings. The molecule has 2 atom stereocenters. The molecule has 146 valence electrons. The van der Waals surface area contributed by atoms with Crippen LogP contribution in [-0.2, 0) is 4.79 Å². The third-order valence-electron chi connectivity index (χ3n) is 5.71. The minimum atomic E-state index is -0.0741. The zero-order valence-corrected chi connectivity index (χ0v) is 16.6. The highest BCUT2D eigenvalue weighted by Gasteiger charge is 2.34. The van der Waals surface area contributed by atoms with E-state index in [0.29, 0.717) is 12.0 Å². The van der Waals surface area contributed by atoms with Crippen molar-refractivity contribution < 1.29 is 14.3 Å². The van der Waals surface area contributed by atoms with E-state index in [4.69, 9.17) is 14.5 Å². The Hall–Kier alpha value is -2.82. The lowest BCUT2D eigenvalue weighted by Crippen LogP contribution is -2.29. The Morgan fingerprint density at radius 2 is 1.71 bits per heavy atom. The van der Waals surface area contributed by atoms with E-state index >= 15 is 0 Å². The SMILES string of the molecule is COc1cc2c(cc1OC)[C@H]1CCCC[C@H]1N=C2c1ccc(NC(C)=O)cc1. The van der Waals surface area contributed by atoms with Crippen LogP contribution in [0.2, 0.25) is 0 Å². The predicted molar refractivity (Wildman–Crippen MR) is 111 cm³/mol. The summed E-state index contributed by atoms with van der Waals surface area (Å²) in [5.74, 6) is 1.85. The molecule has 0 unspecified atom stereocenters. The number of anilines is 1. The van der Waals surface area contributed by atoms with Crippen LogP contribution in [0.1, 0.15) is 55.2 Å². The summed E-state index contributed by atoms with van der Waals surface area (Å²) in [6.07, 6.45) is 4.74. The number of rotatable bonds is 4. The number of amides is 1. The Bertz CT molecular complexity index is 918. The fraction of sp³-hybridized carbons (Fsp3) is 0.391. The highest BCUT2D eigenvalue weighted by Crippen LogP contribution is 2.44. The fourth-order valence-electron chi connectivity index (χ4n) is 4.42. The molecule has 1 amide bonds. The second-order valence-corrected chi connectivity index (χ2v) is 7.49. The molecule has 0 radical (unpaired) electrons. The van der Waals surface area contributed by atoms with Crippen molar-refractivity contribution in [3.8, 4) is 11.5 Å². The van der Waals surface area contributed by atoms with Crippen molar-refractivity contribution in [1.29, 1.82) is 0 Å². The number of nitrogens with one attached hydrogen (secondary N) is 1. The first-order valence-corrected chi connectivity index (χ1v) is 9.83. The second kappa shape index (κ2) is 7.66. The summed E-state index contributed by atoms with van der Waals surface area (Å²) >= 11 is 0. The average Bonchev–Trinajstić information content (AvgIpc) is 2.72. The van der Waals surface area contributed by atoms with Gasteiger partial charge in [0, 0.05) is 29.7 Å². The Morgan fingerprint density at radius 3 is 2.39 bits per heavy atom. The molecule has 1 aliphatic heterocycles. The molecule has 1 N–H and O–H groups in total. The maximum atomic E-state index is 11.3. The van der Waals surface area contributed by atoms with E-state index in [9.17, 15) is 4.79 Å². The minimum Gasteiger partial charge on any atom is -0.493 e. The number of benzene rings is 2. The van der Waals surface area contributed by atoms with Gasteiger partial charge in [-0.15, -0.1) is 0 Å². The number of carbonyl (C=O) groups excluding carboxylic acids is 1. The summed E-state index contributed by atoms with van der Waals surface area (Å²) in [6.45, 7) is 1.51. The van der Waals surface area contributed by atoms with Crippen molar-refractivity contribution in [2.24, 2.45) is 4.99 Å². The van der Waals surface area contributed by atoms with Crippen LogP contribution in [0.15, 0.2) is 41.4 Å². The highest BCUT2D eigenvalue weighted by atomic mass is 16.5. The van der Waals surface area contributed by atoms with Crippen LogP contribution in [0.5, 0.6) is 11.5 Å². The van der Waals surface area contributed by atoms with Crippen LogP contribution in [0.3, 0.4) is 0 Å². The lowest BCUT2D eigenvalue weighted by molar-refractivity contribution is -0.114. The first kappa shape index (κ1) is 18.5. The number of hydrogen-bond donors (Lipinski definition) is 1. The van der Waals surface area contributed by atoms with Gasteiger partial charge in [-0.3, -0.25) is 9.79 Å².